The van der Waals surface area contributed by atoms with Crippen LogP contribution < -0.4 is 16.0 Å². The summed E-state index contributed by atoms with van der Waals surface area (Å²) >= 11 is 0. The number of amides is 1. The van der Waals surface area contributed by atoms with E-state index in [1.807, 2.05) is 19.2 Å². The Kier molecular flexibility index (Phi) is 4.27. The SMILES string of the molecule is COCCCN(C)c1cc2c(cc1N)CCC(=O)N2. The van der Waals surface area contributed by atoms with Crippen LogP contribution in [0.4, 0.5) is 17.1 Å². The van der Waals surface area contributed by atoms with Crippen LogP contribution in [0.5, 0.6) is 0 Å². The molecule has 0 aromatic heterocycles. The summed E-state index contributed by atoms with van der Waals surface area (Å²) in [5, 5.41) is 2.90. The molecular formula is C14H21N3O2. The van der Waals surface area contributed by atoms with Crippen LogP contribution in [0.25, 0.3) is 0 Å². The topological polar surface area (TPSA) is 67.6 Å². The van der Waals surface area contributed by atoms with Crippen LogP contribution in [-0.4, -0.2) is 33.2 Å². The van der Waals surface area contributed by atoms with E-state index < -0.39 is 0 Å². The zero-order valence-corrected chi connectivity index (χ0v) is 11.5. The molecule has 0 saturated carbocycles. The van der Waals surface area contributed by atoms with Crippen LogP contribution in [-0.2, 0) is 16.0 Å². The average Bonchev–Trinajstić information content (AvgIpc) is 2.38. The summed E-state index contributed by atoms with van der Waals surface area (Å²) in [7, 11) is 3.70. The number of hydrogen-bond donors (Lipinski definition) is 2. The fraction of sp³-hybridized carbons (Fsp3) is 0.500. The maximum atomic E-state index is 11.4. The minimum absolute atomic E-state index is 0.0743. The third kappa shape index (κ3) is 3.17. The number of nitrogens with zero attached hydrogens (tertiary/aromatic N) is 1. The molecule has 1 aromatic carbocycles. The Bertz CT molecular complexity index is 474. The zero-order chi connectivity index (χ0) is 13.8. The van der Waals surface area contributed by atoms with E-state index in [4.69, 9.17) is 10.5 Å². The second-order valence-corrected chi connectivity index (χ2v) is 4.88. The van der Waals surface area contributed by atoms with Gasteiger partial charge >= 0.3 is 0 Å². The number of nitrogens with one attached hydrogen (secondary N) is 1. The molecule has 2 rings (SSSR count). The Hall–Kier alpha value is -1.75. The molecule has 1 aromatic rings. The van der Waals surface area contributed by atoms with Crippen molar-refractivity contribution in [2.75, 3.05) is 43.3 Å². The minimum atomic E-state index is 0.0743. The molecule has 0 bridgehead atoms. The van der Waals surface area contributed by atoms with Crippen LogP contribution in [0.2, 0.25) is 0 Å². The van der Waals surface area contributed by atoms with Gasteiger partial charge in [0.15, 0.2) is 0 Å². The number of benzene rings is 1. The molecule has 104 valence electrons. The number of carbonyl (C=O) groups excluding carboxylic acids is 1. The van der Waals surface area contributed by atoms with E-state index in [1.54, 1.807) is 7.11 Å². The second-order valence-electron chi connectivity index (χ2n) is 4.88. The second kappa shape index (κ2) is 5.93. The summed E-state index contributed by atoms with van der Waals surface area (Å²) in [6.07, 6.45) is 2.24. The van der Waals surface area contributed by atoms with Gasteiger partial charge < -0.3 is 20.7 Å². The molecule has 1 aliphatic heterocycles. The molecule has 3 N–H and O–H groups in total. The summed E-state index contributed by atoms with van der Waals surface area (Å²) in [6.45, 7) is 1.59. The minimum Gasteiger partial charge on any atom is -0.397 e. The van der Waals surface area contributed by atoms with Gasteiger partial charge in [-0.25, -0.2) is 0 Å². The van der Waals surface area contributed by atoms with Crippen molar-refractivity contribution in [3.8, 4) is 0 Å². The number of fused-ring (bicyclic) bond motifs is 1. The van der Waals surface area contributed by atoms with E-state index in [0.29, 0.717) is 6.42 Å². The largest absolute Gasteiger partial charge is 0.397 e. The molecule has 5 nitrogen and oxygen atoms in total. The standard InChI is InChI=1S/C14H21N3O2/c1-17(6-3-7-19-2)13-9-12-10(8-11(13)15)4-5-14(18)16-12/h8-9H,3-7,15H2,1-2H3,(H,16,18). The molecule has 0 saturated heterocycles. The van der Waals surface area contributed by atoms with Gasteiger partial charge in [-0.05, 0) is 30.5 Å². The van der Waals surface area contributed by atoms with Gasteiger partial charge in [0.1, 0.15) is 0 Å². The number of aryl methyl sites for hydroxylation is 1. The molecule has 19 heavy (non-hydrogen) atoms. The number of rotatable bonds is 5. The van der Waals surface area contributed by atoms with E-state index in [9.17, 15) is 4.79 Å². The maximum Gasteiger partial charge on any atom is 0.224 e. The first-order valence-electron chi connectivity index (χ1n) is 6.54. The van der Waals surface area contributed by atoms with E-state index in [2.05, 4.69) is 10.2 Å². The van der Waals surface area contributed by atoms with Gasteiger partial charge in [-0.3, -0.25) is 4.79 Å². The van der Waals surface area contributed by atoms with Gasteiger partial charge in [0.05, 0.1) is 11.4 Å². The lowest BCUT2D eigenvalue weighted by Crippen LogP contribution is -2.23. The van der Waals surface area contributed by atoms with E-state index in [-0.39, 0.29) is 5.91 Å². The van der Waals surface area contributed by atoms with Crippen LogP contribution in [0.3, 0.4) is 0 Å². The normalized spacial score (nSPS) is 13.9. The third-order valence-electron chi connectivity index (χ3n) is 3.40. The summed E-state index contributed by atoms with van der Waals surface area (Å²) in [5.74, 6) is 0.0743. The lowest BCUT2D eigenvalue weighted by atomic mass is 10.0. The average molecular weight is 263 g/mol. The van der Waals surface area contributed by atoms with Crippen LogP contribution >= 0.6 is 0 Å². The molecule has 1 aliphatic rings. The predicted octanol–water partition coefficient (Wildman–Crippen LogP) is 1.63. The van der Waals surface area contributed by atoms with Crippen molar-refractivity contribution in [3.63, 3.8) is 0 Å². The van der Waals surface area contributed by atoms with Crippen molar-refractivity contribution < 1.29 is 9.53 Å². The smallest absolute Gasteiger partial charge is 0.224 e. The van der Waals surface area contributed by atoms with Crippen molar-refractivity contribution in [1.29, 1.82) is 0 Å². The number of ether oxygens (including phenoxy) is 1. The van der Waals surface area contributed by atoms with E-state index in [0.717, 1.165) is 48.6 Å². The Morgan fingerprint density at radius 1 is 1.42 bits per heavy atom. The number of nitrogen functional groups attached to an aromatic ring is 1. The van der Waals surface area contributed by atoms with E-state index >= 15 is 0 Å². The molecule has 0 spiro atoms. The number of carbonyl (C=O) groups is 1. The number of hydrogen-bond acceptors (Lipinski definition) is 4. The number of methoxy groups -OCH3 is 1. The molecular weight excluding hydrogens is 242 g/mol. The van der Waals surface area contributed by atoms with Crippen molar-refractivity contribution in [3.05, 3.63) is 17.7 Å². The highest BCUT2D eigenvalue weighted by Crippen LogP contribution is 2.32. The van der Waals surface area contributed by atoms with Gasteiger partial charge in [0, 0.05) is 39.4 Å². The Balaban J connectivity index is 2.16. The monoisotopic (exact) mass is 263 g/mol. The Labute approximate surface area is 113 Å². The Morgan fingerprint density at radius 2 is 2.21 bits per heavy atom. The summed E-state index contributed by atoms with van der Waals surface area (Å²) < 4.78 is 5.05. The van der Waals surface area contributed by atoms with Crippen molar-refractivity contribution in [2.24, 2.45) is 0 Å². The molecule has 0 aliphatic carbocycles. The molecule has 5 heteroatoms. The zero-order valence-electron chi connectivity index (χ0n) is 11.5. The van der Waals surface area contributed by atoms with Crippen LogP contribution in [0.1, 0.15) is 18.4 Å². The molecule has 0 radical (unpaired) electrons. The van der Waals surface area contributed by atoms with Crippen LogP contribution in [0, 0.1) is 0 Å². The third-order valence-corrected chi connectivity index (χ3v) is 3.40. The summed E-state index contributed by atoms with van der Waals surface area (Å²) in [5.41, 5.74) is 9.82. The lowest BCUT2D eigenvalue weighted by Gasteiger charge is -2.25. The van der Waals surface area contributed by atoms with Crippen molar-refractivity contribution in [2.45, 2.75) is 19.3 Å². The number of anilines is 3. The molecule has 1 heterocycles. The highest BCUT2D eigenvalue weighted by molar-refractivity contribution is 5.95. The van der Waals surface area contributed by atoms with Crippen molar-refractivity contribution >= 4 is 23.0 Å². The highest BCUT2D eigenvalue weighted by Gasteiger charge is 2.17. The molecule has 1 amide bonds. The summed E-state index contributed by atoms with van der Waals surface area (Å²) in [4.78, 5) is 13.5. The molecule has 0 unspecified atom stereocenters. The first kappa shape index (κ1) is 13.7. The fourth-order valence-corrected chi connectivity index (χ4v) is 2.33. The highest BCUT2D eigenvalue weighted by atomic mass is 16.5. The van der Waals surface area contributed by atoms with E-state index in [1.165, 1.54) is 0 Å². The fourth-order valence-electron chi connectivity index (χ4n) is 2.33. The molecule has 0 fully saturated rings. The van der Waals surface area contributed by atoms with Crippen LogP contribution in [0.15, 0.2) is 12.1 Å². The lowest BCUT2D eigenvalue weighted by molar-refractivity contribution is -0.116. The molecule has 0 atom stereocenters. The predicted molar refractivity (Wildman–Crippen MR) is 77.6 cm³/mol. The Morgan fingerprint density at radius 3 is 2.95 bits per heavy atom. The van der Waals surface area contributed by atoms with Gasteiger partial charge in [-0.1, -0.05) is 0 Å². The first-order chi connectivity index (χ1) is 9.11. The quantitative estimate of drug-likeness (QED) is 0.626. The first-order valence-corrected chi connectivity index (χ1v) is 6.54. The maximum absolute atomic E-state index is 11.4. The number of nitrogens with two attached hydrogens (primary N) is 1. The van der Waals surface area contributed by atoms with Gasteiger partial charge in [-0.15, -0.1) is 0 Å². The summed E-state index contributed by atoms with van der Waals surface area (Å²) in [6, 6.07) is 3.94. The van der Waals surface area contributed by atoms with Gasteiger partial charge in [0.2, 0.25) is 5.91 Å². The van der Waals surface area contributed by atoms with Crippen molar-refractivity contribution in [1.82, 2.24) is 0 Å². The van der Waals surface area contributed by atoms with Gasteiger partial charge in [-0.2, -0.15) is 0 Å². The van der Waals surface area contributed by atoms with Gasteiger partial charge in [0.25, 0.3) is 0 Å².